The van der Waals surface area contributed by atoms with Crippen molar-refractivity contribution < 1.29 is 14.6 Å². The van der Waals surface area contributed by atoms with Crippen molar-refractivity contribution in [1.82, 2.24) is 0 Å². The number of ether oxygens (including phenoxy) is 1. The number of aliphatic carboxylic acids is 1. The van der Waals surface area contributed by atoms with Gasteiger partial charge >= 0.3 is 5.97 Å². The van der Waals surface area contributed by atoms with Gasteiger partial charge in [0.05, 0.1) is 6.10 Å². The van der Waals surface area contributed by atoms with Crippen molar-refractivity contribution in [2.24, 2.45) is 0 Å². The summed E-state index contributed by atoms with van der Waals surface area (Å²) in [5.74, 6) is 0.122. The molecule has 0 aliphatic carbocycles. The summed E-state index contributed by atoms with van der Waals surface area (Å²) in [6, 6.07) is 7.82. The molecular formula is C13H18O3. The van der Waals surface area contributed by atoms with Crippen LogP contribution < -0.4 is 4.74 Å². The third-order valence-corrected chi connectivity index (χ3v) is 2.15. The maximum absolute atomic E-state index is 10.3. The van der Waals surface area contributed by atoms with Crippen molar-refractivity contribution in [2.75, 3.05) is 0 Å². The summed E-state index contributed by atoms with van der Waals surface area (Å²) >= 11 is 0. The number of carboxylic acid groups (broad SMARTS) is 1. The normalized spacial score (nSPS) is 10.4. The summed E-state index contributed by atoms with van der Waals surface area (Å²) in [6.07, 6.45) is 1.89. The second-order valence-corrected chi connectivity index (χ2v) is 4.06. The summed E-state index contributed by atoms with van der Waals surface area (Å²) in [5.41, 5.74) is 1.15. The number of aryl methyl sites for hydroxylation is 1. The Kier molecular flexibility index (Phi) is 4.83. The topological polar surface area (TPSA) is 46.5 Å². The number of rotatable bonds is 6. The van der Waals surface area contributed by atoms with Gasteiger partial charge in [0.1, 0.15) is 5.75 Å². The van der Waals surface area contributed by atoms with Crippen LogP contribution in [0, 0.1) is 0 Å². The van der Waals surface area contributed by atoms with Crippen LogP contribution in [-0.4, -0.2) is 17.2 Å². The molecule has 0 saturated carbocycles. The van der Waals surface area contributed by atoms with Crippen molar-refractivity contribution in [3.63, 3.8) is 0 Å². The van der Waals surface area contributed by atoms with Gasteiger partial charge < -0.3 is 9.84 Å². The van der Waals surface area contributed by atoms with Gasteiger partial charge in [0, 0.05) is 6.42 Å². The fourth-order valence-electron chi connectivity index (χ4n) is 1.45. The van der Waals surface area contributed by atoms with E-state index >= 15 is 0 Å². The molecule has 0 radical (unpaired) electrons. The second kappa shape index (κ2) is 6.16. The Labute approximate surface area is 96.1 Å². The van der Waals surface area contributed by atoms with E-state index < -0.39 is 5.97 Å². The second-order valence-electron chi connectivity index (χ2n) is 4.06. The summed E-state index contributed by atoms with van der Waals surface area (Å²) in [4.78, 5) is 10.3. The van der Waals surface area contributed by atoms with Crippen LogP contribution in [0.5, 0.6) is 5.75 Å². The Morgan fingerprint density at radius 2 is 1.94 bits per heavy atom. The summed E-state index contributed by atoms with van der Waals surface area (Å²) in [6.45, 7) is 3.97. The maximum Gasteiger partial charge on any atom is 0.303 e. The van der Waals surface area contributed by atoms with Gasteiger partial charge in [-0.1, -0.05) is 12.1 Å². The Bertz CT molecular complexity index is 328. The van der Waals surface area contributed by atoms with Crippen LogP contribution in [0.1, 0.15) is 32.3 Å². The highest BCUT2D eigenvalue weighted by Crippen LogP contribution is 2.15. The van der Waals surface area contributed by atoms with E-state index in [1.807, 2.05) is 38.1 Å². The van der Waals surface area contributed by atoms with Crippen LogP contribution in [0.2, 0.25) is 0 Å². The highest BCUT2D eigenvalue weighted by atomic mass is 16.5. The van der Waals surface area contributed by atoms with Gasteiger partial charge in [-0.25, -0.2) is 0 Å². The highest BCUT2D eigenvalue weighted by Gasteiger charge is 2.00. The number of benzene rings is 1. The lowest BCUT2D eigenvalue weighted by Gasteiger charge is -2.09. The first-order valence-corrected chi connectivity index (χ1v) is 5.55. The van der Waals surface area contributed by atoms with Gasteiger partial charge in [-0.3, -0.25) is 4.79 Å². The molecule has 1 N–H and O–H groups in total. The van der Waals surface area contributed by atoms with Crippen LogP contribution in [0.25, 0.3) is 0 Å². The molecule has 1 aromatic rings. The summed E-state index contributed by atoms with van der Waals surface area (Å²) in [7, 11) is 0. The molecule has 3 nitrogen and oxygen atoms in total. The maximum atomic E-state index is 10.3. The fraction of sp³-hybridized carbons (Fsp3) is 0.462. The zero-order valence-electron chi connectivity index (χ0n) is 9.77. The van der Waals surface area contributed by atoms with E-state index in [9.17, 15) is 4.79 Å². The average Bonchev–Trinajstić information content (AvgIpc) is 2.19. The zero-order valence-corrected chi connectivity index (χ0v) is 9.77. The molecule has 3 heteroatoms. The fourth-order valence-corrected chi connectivity index (χ4v) is 1.45. The molecule has 0 saturated heterocycles. The quantitative estimate of drug-likeness (QED) is 0.805. The molecule has 0 unspecified atom stereocenters. The van der Waals surface area contributed by atoms with Crippen molar-refractivity contribution in [3.05, 3.63) is 29.8 Å². The van der Waals surface area contributed by atoms with E-state index in [1.165, 1.54) is 0 Å². The Hall–Kier alpha value is -1.51. The van der Waals surface area contributed by atoms with E-state index in [4.69, 9.17) is 9.84 Å². The first-order chi connectivity index (χ1) is 7.58. The molecule has 0 heterocycles. The van der Waals surface area contributed by atoms with Crippen molar-refractivity contribution in [1.29, 1.82) is 0 Å². The lowest BCUT2D eigenvalue weighted by atomic mass is 10.1. The largest absolute Gasteiger partial charge is 0.491 e. The third-order valence-electron chi connectivity index (χ3n) is 2.15. The molecule has 0 aromatic heterocycles. The lowest BCUT2D eigenvalue weighted by Crippen LogP contribution is -2.05. The molecule has 0 aliphatic rings. The zero-order chi connectivity index (χ0) is 12.0. The van der Waals surface area contributed by atoms with E-state index in [0.29, 0.717) is 6.42 Å². The molecule has 0 spiro atoms. The number of hydrogen-bond acceptors (Lipinski definition) is 2. The van der Waals surface area contributed by atoms with Crippen LogP contribution in [0.4, 0.5) is 0 Å². The molecular weight excluding hydrogens is 204 g/mol. The van der Waals surface area contributed by atoms with Gasteiger partial charge in [0.25, 0.3) is 0 Å². The first-order valence-electron chi connectivity index (χ1n) is 5.55. The molecule has 16 heavy (non-hydrogen) atoms. The predicted octanol–water partition coefficient (Wildman–Crippen LogP) is 2.88. The molecule has 0 amide bonds. The van der Waals surface area contributed by atoms with Crippen LogP contribution in [-0.2, 0) is 11.2 Å². The summed E-state index contributed by atoms with van der Waals surface area (Å²) in [5, 5.41) is 8.51. The molecule has 0 bridgehead atoms. The van der Waals surface area contributed by atoms with E-state index in [-0.39, 0.29) is 12.5 Å². The van der Waals surface area contributed by atoms with Gasteiger partial charge in [-0.15, -0.1) is 0 Å². The minimum atomic E-state index is -0.736. The first kappa shape index (κ1) is 12.6. The van der Waals surface area contributed by atoms with Crippen molar-refractivity contribution in [3.8, 4) is 5.75 Å². The van der Waals surface area contributed by atoms with E-state index in [1.54, 1.807) is 0 Å². The van der Waals surface area contributed by atoms with E-state index in [2.05, 4.69) is 0 Å². The molecule has 0 aliphatic heterocycles. The highest BCUT2D eigenvalue weighted by molar-refractivity contribution is 5.66. The standard InChI is InChI=1S/C13H18O3/c1-10(2)16-12-8-6-11(7-9-12)4-3-5-13(14)15/h6-10H,3-5H2,1-2H3,(H,14,15). The molecule has 1 aromatic carbocycles. The van der Waals surface area contributed by atoms with Gasteiger partial charge in [0.15, 0.2) is 0 Å². The minimum Gasteiger partial charge on any atom is -0.491 e. The van der Waals surface area contributed by atoms with E-state index in [0.717, 1.165) is 17.7 Å². The number of carboxylic acids is 1. The van der Waals surface area contributed by atoms with Gasteiger partial charge in [-0.05, 0) is 44.4 Å². The minimum absolute atomic E-state index is 0.179. The SMILES string of the molecule is CC(C)Oc1ccc(CCCC(=O)O)cc1. The smallest absolute Gasteiger partial charge is 0.303 e. The Balaban J connectivity index is 2.42. The average molecular weight is 222 g/mol. The molecule has 88 valence electrons. The van der Waals surface area contributed by atoms with Gasteiger partial charge in [0.2, 0.25) is 0 Å². The lowest BCUT2D eigenvalue weighted by molar-refractivity contribution is -0.137. The number of carbonyl (C=O) groups is 1. The van der Waals surface area contributed by atoms with Crippen molar-refractivity contribution in [2.45, 2.75) is 39.2 Å². The van der Waals surface area contributed by atoms with Crippen molar-refractivity contribution >= 4 is 5.97 Å². The predicted molar refractivity (Wildman–Crippen MR) is 62.8 cm³/mol. The Morgan fingerprint density at radius 3 is 2.44 bits per heavy atom. The van der Waals surface area contributed by atoms with Crippen LogP contribution in [0.15, 0.2) is 24.3 Å². The monoisotopic (exact) mass is 222 g/mol. The van der Waals surface area contributed by atoms with Gasteiger partial charge in [-0.2, -0.15) is 0 Å². The number of hydrogen-bond donors (Lipinski definition) is 1. The Morgan fingerprint density at radius 1 is 1.31 bits per heavy atom. The third kappa shape index (κ3) is 4.82. The molecule has 0 atom stereocenters. The molecule has 0 fully saturated rings. The molecule has 1 rings (SSSR count). The summed E-state index contributed by atoms with van der Waals surface area (Å²) < 4.78 is 5.52. The van der Waals surface area contributed by atoms with Crippen LogP contribution in [0.3, 0.4) is 0 Å². The van der Waals surface area contributed by atoms with Crippen LogP contribution >= 0.6 is 0 Å².